The molecule has 0 atom stereocenters. The number of nitrogens with zero attached hydrogens (tertiary/aromatic N) is 3. The van der Waals surface area contributed by atoms with Crippen molar-refractivity contribution >= 4 is 38.9 Å². The summed E-state index contributed by atoms with van der Waals surface area (Å²) in [7, 11) is 0. The maximum Gasteiger partial charge on any atom is 0.276 e. The number of hydrogen-bond donors (Lipinski definition) is 4. The van der Waals surface area contributed by atoms with Gasteiger partial charge in [0.1, 0.15) is 17.9 Å². The van der Waals surface area contributed by atoms with Gasteiger partial charge in [-0.3, -0.25) is 19.0 Å². The van der Waals surface area contributed by atoms with Gasteiger partial charge in [-0.15, -0.1) is 0 Å². The molecular weight excluding hydrogens is 400 g/mol. The fourth-order valence-corrected chi connectivity index (χ4v) is 3.55. The number of fused-ring (bicyclic) bond motifs is 6. The van der Waals surface area contributed by atoms with Crippen LogP contribution in [-0.4, -0.2) is 47.6 Å². The van der Waals surface area contributed by atoms with Crippen molar-refractivity contribution in [2.75, 3.05) is 13.2 Å². The number of imidazole rings is 2. The molecule has 0 saturated heterocycles. The van der Waals surface area contributed by atoms with Crippen molar-refractivity contribution < 1.29 is 9.84 Å². The number of aliphatic hydroxyl groups excluding tert-OH is 1. The molecule has 0 aliphatic heterocycles. The molecule has 5 rings (SSSR count). The van der Waals surface area contributed by atoms with Crippen molar-refractivity contribution in [3.05, 3.63) is 69.0 Å². The lowest BCUT2D eigenvalue weighted by atomic mass is 10.2. The average Bonchev–Trinajstić information content (AvgIpc) is 3.37. The van der Waals surface area contributed by atoms with Crippen molar-refractivity contribution in [3.63, 3.8) is 0 Å². The molecular formula is C21H18N6O4. The lowest BCUT2D eigenvalue weighted by Gasteiger charge is -2.05. The first kappa shape index (κ1) is 18.8. The minimum absolute atomic E-state index is 0.00623. The van der Waals surface area contributed by atoms with Gasteiger partial charge in [0.15, 0.2) is 5.52 Å². The third kappa shape index (κ3) is 3.19. The molecule has 10 nitrogen and oxygen atoms in total. The van der Waals surface area contributed by atoms with Crippen LogP contribution in [0.3, 0.4) is 0 Å². The topological polar surface area (TPSA) is 141 Å². The minimum Gasteiger partial charge on any atom is -0.491 e. The van der Waals surface area contributed by atoms with Gasteiger partial charge in [-0.2, -0.15) is 0 Å². The summed E-state index contributed by atoms with van der Waals surface area (Å²) in [6.07, 6.45) is 1.30. The van der Waals surface area contributed by atoms with Crippen LogP contribution in [0.5, 0.6) is 5.75 Å². The molecule has 0 aliphatic rings. The van der Waals surface area contributed by atoms with Gasteiger partial charge in [0, 0.05) is 6.07 Å². The van der Waals surface area contributed by atoms with Gasteiger partial charge in [0.05, 0.1) is 35.0 Å². The van der Waals surface area contributed by atoms with Crippen molar-refractivity contribution in [1.82, 2.24) is 29.3 Å². The van der Waals surface area contributed by atoms with Crippen LogP contribution in [0, 0.1) is 6.92 Å². The number of aryl methyl sites for hydroxylation is 1. The Bertz CT molecular complexity index is 1640. The number of rotatable bonds is 3. The second-order valence-corrected chi connectivity index (χ2v) is 7.05. The fraction of sp³-hybridized carbons (Fsp3) is 0.143. The van der Waals surface area contributed by atoms with E-state index in [1.807, 2.05) is 19.1 Å². The van der Waals surface area contributed by atoms with E-state index in [1.54, 1.807) is 28.7 Å². The number of hydrogen-bond acceptors (Lipinski definition) is 6. The SMILES string of the molecule is Cc1ccc2[nH]c(=O)c3nc[nH]c3c(=O)[nH]c3nc4ccc(OCCO)cc4n3c2c1. The Kier molecular flexibility index (Phi) is 4.41. The van der Waals surface area contributed by atoms with Crippen LogP contribution in [0.25, 0.3) is 38.9 Å². The molecule has 4 N–H and O–H groups in total. The van der Waals surface area contributed by atoms with Gasteiger partial charge in [-0.25, -0.2) is 9.97 Å². The van der Waals surface area contributed by atoms with Crippen LogP contribution in [0.1, 0.15) is 5.56 Å². The Balaban J connectivity index is 2.06. The molecule has 0 fully saturated rings. The Morgan fingerprint density at radius 3 is 2.77 bits per heavy atom. The van der Waals surface area contributed by atoms with Crippen LogP contribution in [0.4, 0.5) is 0 Å². The number of aromatic amines is 3. The summed E-state index contributed by atoms with van der Waals surface area (Å²) in [5, 5.41) is 9.06. The van der Waals surface area contributed by atoms with Crippen molar-refractivity contribution in [1.29, 1.82) is 0 Å². The van der Waals surface area contributed by atoms with E-state index >= 15 is 0 Å². The Morgan fingerprint density at radius 1 is 1.06 bits per heavy atom. The van der Waals surface area contributed by atoms with Gasteiger partial charge in [0.2, 0.25) is 5.78 Å². The van der Waals surface area contributed by atoms with Crippen LogP contribution in [0.15, 0.2) is 52.3 Å². The minimum atomic E-state index is -0.535. The largest absolute Gasteiger partial charge is 0.491 e. The lowest BCUT2D eigenvalue weighted by molar-refractivity contribution is 0.201. The summed E-state index contributed by atoms with van der Waals surface area (Å²) in [6.45, 7) is 1.97. The van der Waals surface area contributed by atoms with Crippen LogP contribution >= 0.6 is 0 Å². The standard InChI is InChI=1S/C21H18N6O4/c1-11-2-4-13-15(8-11)27-16-9-12(31-7-6-28)3-5-14(16)25-21(27)26-20(30)18-17(19(29)24-13)22-10-23-18/h2-5,8-10,28H,6-7H2,1H3,(H,22,23)(H,24,29)(H,25,26,30). The number of aliphatic hydroxyl groups is 1. The van der Waals surface area contributed by atoms with E-state index in [2.05, 4.69) is 24.9 Å². The van der Waals surface area contributed by atoms with Gasteiger partial charge < -0.3 is 19.8 Å². The lowest BCUT2D eigenvalue weighted by Crippen LogP contribution is -2.11. The quantitative estimate of drug-likeness (QED) is 0.351. The highest BCUT2D eigenvalue weighted by molar-refractivity contribution is 5.88. The molecule has 0 amide bonds. The van der Waals surface area contributed by atoms with Crippen molar-refractivity contribution in [3.8, 4) is 5.75 Å². The van der Waals surface area contributed by atoms with Crippen LogP contribution in [-0.2, 0) is 0 Å². The molecule has 0 radical (unpaired) electrons. The average molecular weight is 418 g/mol. The van der Waals surface area contributed by atoms with E-state index < -0.39 is 11.1 Å². The molecule has 0 bridgehead atoms. The highest BCUT2D eigenvalue weighted by Gasteiger charge is 2.11. The summed E-state index contributed by atoms with van der Waals surface area (Å²) in [5.41, 5.74) is 2.40. The predicted molar refractivity (Wildman–Crippen MR) is 116 cm³/mol. The fourth-order valence-electron chi connectivity index (χ4n) is 3.55. The molecule has 3 heterocycles. The molecule has 10 heteroatoms. The first-order valence-corrected chi connectivity index (χ1v) is 9.58. The zero-order chi connectivity index (χ0) is 21.5. The molecule has 31 heavy (non-hydrogen) atoms. The van der Waals surface area contributed by atoms with Crippen molar-refractivity contribution in [2.45, 2.75) is 6.92 Å². The summed E-state index contributed by atoms with van der Waals surface area (Å²) in [5.74, 6) is 0.824. The molecule has 0 saturated carbocycles. The maximum absolute atomic E-state index is 12.9. The number of benzene rings is 2. The van der Waals surface area contributed by atoms with Crippen molar-refractivity contribution in [2.24, 2.45) is 0 Å². The summed E-state index contributed by atoms with van der Waals surface area (Å²) < 4.78 is 7.30. The van der Waals surface area contributed by atoms with E-state index in [0.29, 0.717) is 27.8 Å². The summed E-state index contributed by atoms with van der Waals surface area (Å²) >= 11 is 0. The maximum atomic E-state index is 12.9. The van der Waals surface area contributed by atoms with Gasteiger partial charge in [-0.1, -0.05) is 6.07 Å². The molecule has 0 unspecified atom stereocenters. The van der Waals surface area contributed by atoms with E-state index in [9.17, 15) is 9.59 Å². The molecule has 156 valence electrons. The van der Waals surface area contributed by atoms with E-state index in [1.165, 1.54) is 6.33 Å². The van der Waals surface area contributed by atoms with Gasteiger partial charge in [0.25, 0.3) is 11.1 Å². The highest BCUT2D eigenvalue weighted by atomic mass is 16.5. The zero-order valence-corrected chi connectivity index (χ0v) is 16.5. The van der Waals surface area contributed by atoms with E-state index in [0.717, 1.165) is 5.56 Å². The monoisotopic (exact) mass is 418 g/mol. The molecule has 0 aliphatic carbocycles. The molecule has 2 aromatic carbocycles. The first-order valence-electron chi connectivity index (χ1n) is 9.58. The van der Waals surface area contributed by atoms with Gasteiger partial charge in [-0.05, 0) is 36.8 Å². The number of aromatic nitrogens is 6. The second-order valence-electron chi connectivity index (χ2n) is 7.05. The molecule has 3 aromatic heterocycles. The predicted octanol–water partition coefficient (Wildman–Crippen LogP) is 1.70. The summed E-state index contributed by atoms with van der Waals surface area (Å²) in [6, 6.07) is 10.8. The smallest absolute Gasteiger partial charge is 0.276 e. The highest BCUT2D eigenvalue weighted by Crippen LogP contribution is 2.24. The molecule has 0 spiro atoms. The number of H-pyrrole nitrogens is 3. The molecule has 5 aromatic rings. The van der Waals surface area contributed by atoms with Crippen LogP contribution in [0.2, 0.25) is 0 Å². The third-order valence-electron chi connectivity index (χ3n) is 4.94. The number of nitrogens with one attached hydrogen (secondary N) is 3. The van der Waals surface area contributed by atoms with Gasteiger partial charge >= 0.3 is 0 Å². The Hall–Kier alpha value is -4.18. The Labute approximate surface area is 173 Å². The van der Waals surface area contributed by atoms with Crippen LogP contribution < -0.4 is 15.9 Å². The van der Waals surface area contributed by atoms with E-state index in [4.69, 9.17) is 9.84 Å². The number of ether oxygens (including phenoxy) is 1. The first-order chi connectivity index (χ1) is 15.0. The second kappa shape index (κ2) is 7.26. The Morgan fingerprint density at radius 2 is 1.94 bits per heavy atom. The third-order valence-corrected chi connectivity index (χ3v) is 4.94. The summed E-state index contributed by atoms with van der Waals surface area (Å²) in [4.78, 5) is 42.6. The van der Waals surface area contributed by atoms with E-state index in [-0.39, 0.29) is 30.0 Å². The normalized spacial score (nSPS) is 11.4. The zero-order valence-electron chi connectivity index (χ0n) is 16.5.